The van der Waals surface area contributed by atoms with E-state index in [2.05, 4.69) is 5.32 Å². The van der Waals surface area contributed by atoms with E-state index in [0.717, 1.165) is 12.0 Å². The van der Waals surface area contributed by atoms with Crippen molar-refractivity contribution in [2.24, 2.45) is 5.92 Å². The van der Waals surface area contributed by atoms with Crippen LogP contribution in [0.25, 0.3) is 0 Å². The van der Waals surface area contributed by atoms with Crippen LogP contribution in [0.5, 0.6) is 0 Å². The van der Waals surface area contributed by atoms with Gasteiger partial charge >= 0.3 is 12.0 Å². The molecule has 0 heterocycles. The molecule has 2 amide bonds. The van der Waals surface area contributed by atoms with Gasteiger partial charge in [0.25, 0.3) is 0 Å². The summed E-state index contributed by atoms with van der Waals surface area (Å²) in [5.41, 5.74) is 1.16. The quantitative estimate of drug-likeness (QED) is 0.819. The minimum Gasteiger partial charge on any atom is -0.481 e. The van der Waals surface area contributed by atoms with Gasteiger partial charge in [-0.1, -0.05) is 37.3 Å². The predicted molar refractivity (Wildman–Crippen MR) is 73.0 cm³/mol. The number of aliphatic carboxylic acids is 1. The normalized spacial score (nSPS) is 11.7. The number of nitrogens with zero attached hydrogens (tertiary/aromatic N) is 1. The highest BCUT2D eigenvalue weighted by atomic mass is 16.4. The van der Waals surface area contributed by atoms with E-state index < -0.39 is 11.9 Å². The molecule has 0 aliphatic rings. The second kappa shape index (κ2) is 7.41. The molecule has 0 aliphatic carbocycles. The number of carboxylic acids is 1. The number of urea groups is 1. The lowest BCUT2D eigenvalue weighted by Gasteiger charge is -2.20. The maximum absolute atomic E-state index is 11.7. The minimum absolute atomic E-state index is 0.201. The van der Waals surface area contributed by atoms with E-state index in [0.29, 0.717) is 6.54 Å². The van der Waals surface area contributed by atoms with Gasteiger partial charge in [-0.3, -0.25) is 4.79 Å². The first kappa shape index (κ1) is 15.0. The van der Waals surface area contributed by atoms with Gasteiger partial charge in [0.2, 0.25) is 0 Å². The number of carbonyl (C=O) groups excluding carboxylic acids is 1. The van der Waals surface area contributed by atoms with E-state index in [1.165, 1.54) is 4.90 Å². The molecule has 0 fully saturated rings. The third kappa shape index (κ3) is 5.42. The summed E-state index contributed by atoms with van der Waals surface area (Å²) in [6, 6.07) is 9.62. The molecule has 1 aromatic rings. The Morgan fingerprint density at radius 1 is 1.32 bits per heavy atom. The van der Waals surface area contributed by atoms with Gasteiger partial charge < -0.3 is 15.3 Å². The molecular weight excluding hydrogens is 244 g/mol. The number of amides is 2. The van der Waals surface area contributed by atoms with Crippen molar-refractivity contribution in [3.05, 3.63) is 35.9 Å². The number of nitrogens with one attached hydrogen (secondary N) is 1. The van der Waals surface area contributed by atoms with Crippen LogP contribution in [0, 0.1) is 5.92 Å². The zero-order chi connectivity index (χ0) is 14.3. The Hall–Kier alpha value is -2.04. The Morgan fingerprint density at radius 3 is 2.53 bits per heavy atom. The van der Waals surface area contributed by atoms with Gasteiger partial charge in [0, 0.05) is 20.1 Å². The third-order valence-corrected chi connectivity index (χ3v) is 2.85. The maximum atomic E-state index is 11.7. The number of hydrogen-bond donors (Lipinski definition) is 2. The van der Waals surface area contributed by atoms with Crippen LogP contribution in [0.2, 0.25) is 0 Å². The van der Waals surface area contributed by atoms with Crippen molar-refractivity contribution in [2.75, 3.05) is 20.1 Å². The lowest BCUT2D eigenvalue weighted by Crippen LogP contribution is -2.41. The summed E-state index contributed by atoms with van der Waals surface area (Å²) in [6.07, 6.45) is 0.759. The highest BCUT2D eigenvalue weighted by Gasteiger charge is 2.16. The van der Waals surface area contributed by atoms with Crippen LogP contribution in [0.15, 0.2) is 30.3 Å². The maximum Gasteiger partial charge on any atom is 0.317 e. The average Bonchev–Trinajstić information content (AvgIpc) is 2.39. The van der Waals surface area contributed by atoms with Gasteiger partial charge in [-0.2, -0.15) is 0 Å². The molecule has 0 radical (unpaired) electrons. The van der Waals surface area contributed by atoms with Crippen LogP contribution in [0.1, 0.15) is 12.5 Å². The number of carbonyl (C=O) groups is 2. The molecular formula is C14H20N2O3. The predicted octanol–water partition coefficient (Wildman–Crippen LogP) is 1.59. The lowest BCUT2D eigenvalue weighted by atomic mass is 10.1. The minimum atomic E-state index is -0.899. The fourth-order valence-electron chi connectivity index (χ4n) is 1.67. The number of benzene rings is 1. The number of hydrogen-bond acceptors (Lipinski definition) is 2. The van der Waals surface area contributed by atoms with Crippen LogP contribution in [0.4, 0.5) is 4.79 Å². The lowest BCUT2D eigenvalue weighted by molar-refractivity contribution is -0.141. The first-order chi connectivity index (χ1) is 9.00. The van der Waals surface area contributed by atoms with Crippen molar-refractivity contribution in [1.82, 2.24) is 10.2 Å². The SMILES string of the molecule is CC(CN(C)C(=O)NCCc1ccccc1)C(=O)O. The van der Waals surface area contributed by atoms with E-state index in [4.69, 9.17) is 5.11 Å². The summed E-state index contributed by atoms with van der Waals surface area (Å²) in [6.45, 7) is 2.32. The standard InChI is InChI=1S/C14H20N2O3/c1-11(13(17)18)10-16(2)14(19)15-9-8-12-6-4-3-5-7-12/h3-7,11H,8-10H2,1-2H3,(H,15,19)(H,17,18). The molecule has 0 saturated carbocycles. The van der Waals surface area contributed by atoms with Gasteiger partial charge in [0.1, 0.15) is 0 Å². The fourth-order valence-corrected chi connectivity index (χ4v) is 1.67. The highest BCUT2D eigenvalue weighted by molar-refractivity contribution is 5.75. The van der Waals surface area contributed by atoms with Crippen LogP contribution in [-0.4, -0.2) is 42.1 Å². The average molecular weight is 264 g/mol. The Labute approximate surface area is 113 Å². The highest BCUT2D eigenvalue weighted by Crippen LogP contribution is 2.00. The van der Waals surface area contributed by atoms with Gasteiger partial charge in [0.15, 0.2) is 0 Å². The van der Waals surface area contributed by atoms with E-state index in [9.17, 15) is 9.59 Å². The number of carboxylic acid groups (broad SMARTS) is 1. The molecule has 0 aliphatic heterocycles. The molecule has 19 heavy (non-hydrogen) atoms. The summed E-state index contributed by atoms with van der Waals surface area (Å²) >= 11 is 0. The second-order valence-electron chi connectivity index (χ2n) is 4.59. The van der Waals surface area contributed by atoms with Crippen LogP contribution in [-0.2, 0) is 11.2 Å². The molecule has 1 rings (SSSR count). The summed E-state index contributed by atoms with van der Waals surface area (Å²) in [7, 11) is 1.59. The second-order valence-corrected chi connectivity index (χ2v) is 4.59. The number of rotatable bonds is 6. The van der Waals surface area contributed by atoms with E-state index in [1.54, 1.807) is 14.0 Å². The summed E-state index contributed by atoms with van der Waals surface area (Å²) in [5.74, 6) is -1.46. The summed E-state index contributed by atoms with van der Waals surface area (Å²) in [5, 5.41) is 11.5. The molecule has 0 spiro atoms. The molecule has 104 valence electrons. The van der Waals surface area contributed by atoms with E-state index in [-0.39, 0.29) is 12.6 Å². The first-order valence-corrected chi connectivity index (χ1v) is 6.26. The van der Waals surface area contributed by atoms with Crippen molar-refractivity contribution in [3.63, 3.8) is 0 Å². The molecule has 0 bridgehead atoms. The molecule has 0 aromatic heterocycles. The van der Waals surface area contributed by atoms with Crippen LogP contribution in [0.3, 0.4) is 0 Å². The van der Waals surface area contributed by atoms with Crippen LogP contribution >= 0.6 is 0 Å². The van der Waals surface area contributed by atoms with Crippen molar-refractivity contribution >= 4 is 12.0 Å². The van der Waals surface area contributed by atoms with Crippen molar-refractivity contribution in [1.29, 1.82) is 0 Å². The zero-order valence-electron chi connectivity index (χ0n) is 11.3. The Bertz CT molecular complexity index is 420. The first-order valence-electron chi connectivity index (χ1n) is 6.26. The molecule has 0 saturated heterocycles. The fraction of sp³-hybridized carbons (Fsp3) is 0.429. The zero-order valence-corrected chi connectivity index (χ0v) is 11.3. The molecule has 1 unspecified atom stereocenters. The third-order valence-electron chi connectivity index (χ3n) is 2.85. The van der Waals surface area contributed by atoms with E-state index >= 15 is 0 Å². The van der Waals surface area contributed by atoms with Crippen molar-refractivity contribution in [3.8, 4) is 0 Å². The van der Waals surface area contributed by atoms with Crippen molar-refractivity contribution in [2.45, 2.75) is 13.3 Å². The van der Waals surface area contributed by atoms with Crippen LogP contribution < -0.4 is 5.32 Å². The molecule has 5 heteroatoms. The van der Waals surface area contributed by atoms with Gasteiger partial charge in [-0.05, 0) is 12.0 Å². The molecule has 1 atom stereocenters. The Balaban J connectivity index is 2.29. The molecule has 5 nitrogen and oxygen atoms in total. The van der Waals surface area contributed by atoms with Gasteiger partial charge in [0.05, 0.1) is 5.92 Å². The molecule has 2 N–H and O–H groups in total. The van der Waals surface area contributed by atoms with Crippen molar-refractivity contribution < 1.29 is 14.7 Å². The summed E-state index contributed by atoms with van der Waals surface area (Å²) < 4.78 is 0. The topological polar surface area (TPSA) is 69.6 Å². The Kier molecular flexibility index (Phi) is 5.85. The monoisotopic (exact) mass is 264 g/mol. The summed E-state index contributed by atoms with van der Waals surface area (Å²) in [4.78, 5) is 23.8. The Morgan fingerprint density at radius 2 is 1.95 bits per heavy atom. The largest absolute Gasteiger partial charge is 0.481 e. The van der Waals surface area contributed by atoms with E-state index in [1.807, 2.05) is 30.3 Å². The van der Waals surface area contributed by atoms with Gasteiger partial charge in [-0.15, -0.1) is 0 Å². The molecule has 1 aromatic carbocycles. The smallest absolute Gasteiger partial charge is 0.317 e. The van der Waals surface area contributed by atoms with Gasteiger partial charge in [-0.25, -0.2) is 4.79 Å².